The minimum atomic E-state index is 0. The Morgan fingerprint density at radius 3 is 0.833 bits per heavy atom. The number of rotatable bonds is 0. The van der Waals surface area contributed by atoms with Crippen molar-refractivity contribution >= 4 is 37.7 Å². The zero-order valence-electron chi connectivity index (χ0n) is 3.10. The molecule has 0 atom stereocenters. The van der Waals surface area contributed by atoms with Gasteiger partial charge in [0.2, 0.25) is 0 Å². The summed E-state index contributed by atoms with van der Waals surface area (Å²) in [5, 5.41) is 12.5. The van der Waals surface area contributed by atoms with Crippen LogP contribution in [-0.2, 0) is 0 Å². The van der Waals surface area contributed by atoms with Gasteiger partial charge in [-0.25, -0.2) is 0 Å². The van der Waals surface area contributed by atoms with Crippen LogP contribution in [0.2, 0.25) is 0 Å². The molecule has 2 N–H and O–H groups in total. The number of hydrogen-bond acceptors (Lipinski definition) is 2. The maximum Gasteiger partial charge on any atom is 2.00 e. The van der Waals surface area contributed by atoms with Gasteiger partial charge in [0.25, 0.3) is 0 Å². The van der Waals surface area contributed by atoms with Gasteiger partial charge in [-0.2, -0.15) is 0 Å². The molecule has 28 valence electrons. The molecule has 0 radical (unpaired) electrons. The summed E-state index contributed by atoms with van der Waals surface area (Å²) in [4.78, 5) is 0. The third-order valence-corrected chi connectivity index (χ3v) is 0. The second-order valence-corrected chi connectivity index (χ2v) is 0. The molecule has 6 heavy (non-hydrogen) atoms. The van der Waals surface area contributed by atoms with E-state index < -0.39 is 0 Å². The molecule has 0 fully saturated rings. The van der Waals surface area contributed by atoms with Crippen LogP contribution in [0.1, 0.15) is 0 Å². The first kappa shape index (κ1) is 34.6. The number of nitrogens with zero attached hydrogens (tertiary/aromatic N) is 2. The van der Waals surface area contributed by atoms with Crippen molar-refractivity contribution in [2.45, 2.75) is 0 Å². The van der Waals surface area contributed by atoms with Crippen LogP contribution < -0.4 is 0 Å². The predicted octanol–water partition coefficient (Wildman–Crippen LogP) is -1.01. The Morgan fingerprint density at radius 1 is 0.833 bits per heavy atom. The maximum atomic E-state index is 6.25. The molecule has 0 saturated carbocycles. The van der Waals surface area contributed by atoms with Crippen LogP contribution in [0.15, 0.2) is 0 Å². The van der Waals surface area contributed by atoms with E-state index in [0.717, 1.165) is 0 Å². The quantitative estimate of drug-likeness (QED) is 0.295. The maximum absolute atomic E-state index is 6.25. The molecule has 0 aliphatic rings. The smallest absolute Gasteiger partial charge is 0.512 e. The van der Waals surface area contributed by atoms with Crippen molar-refractivity contribution in [2.75, 3.05) is 0 Å². The molecular formula is C2H2CaN2O. The van der Waals surface area contributed by atoms with E-state index in [2.05, 4.69) is 0 Å². The zero-order valence-corrected chi connectivity index (χ0v) is 5.31. The molecule has 0 aliphatic carbocycles. The van der Waals surface area contributed by atoms with E-state index in [1.807, 2.05) is 0 Å². The second kappa shape index (κ2) is 2300. The molecule has 0 aromatic heterocycles. The first-order valence-corrected chi connectivity index (χ1v) is 0.447. The minimum Gasteiger partial charge on any atom is -0.512 e. The third-order valence-electron chi connectivity index (χ3n) is 0. The van der Waals surface area contributed by atoms with Gasteiger partial charge in [-0.15, -0.1) is 0 Å². The average molecular weight is 110 g/mol. The fourth-order valence-electron chi connectivity index (χ4n) is 0. The molecule has 0 amide bonds. The van der Waals surface area contributed by atoms with Gasteiger partial charge in [-0.05, 0) is 0 Å². The van der Waals surface area contributed by atoms with Gasteiger partial charge >= 0.3 is 37.7 Å². The SMILES string of the molecule is O.[C-]#N.[C-]#N.[Ca+2]. The van der Waals surface area contributed by atoms with Gasteiger partial charge in [0, 0.05) is 0 Å². The standard InChI is InChI=1S/2CN.Ca.H2O/c2*1-2;;/h;;;1H2/q2*-1;+2;. The first-order valence-electron chi connectivity index (χ1n) is 0.447. The van der Waals surface area contributed by atoms with E-state index in [4.69, 9.17) is 23.7 Å². The summed E-state index contributed by atoms with van der Waals surface area (Å²) in [7, 11) is 0. The van der Waals surface area contributed by atoms with Crippen molar-refractivity contribution in [2.24, 2.45) is 0 Å². The van der Waals surface area contributed by atoms with Crippen molar-refractivity contribution in [3.05, 3.63) is 13.1 Å². The van der Waals surface area contributed by atoms with Crippen LogP contribution in [0.4, 0.5) is 0 Å². The van der Waals surface area contributed by atoms with Crippen LogP contribution >= 0.6 is 0 Å². The van der Waals surface area contributed by atoms with Crippen LogP contribution in [0.25, 0.3) is 0 Å². The summed E-state index contributed by atoms with van der Waals surface area (Å²) < 4.78 is 0. The van der Waals surface area contributed by atoms with Crippen molar-refractivity contribution < 1.29 is 5.48 Å². The van der Waals surface area contributed by atoms with Crippen molar-refractivity contribution in [1.29, 1.82) is 10.5 Å². The van der Waals surface area contributed by atoms with E-state index in [9.17, 15) is 0 Å². The first-order chi connectivity index (χ1) is 2.00. The molecule has 0 bridgehead atoms. The molecule has 4 heteroatoms. The Labute approximate surface area is 66.5 Å². The van der Waals surface area contributed by atoms with Crippen LogP contribution in [-0.4, -0.2) is 43.2 Å². The van der Waals surface area contributed by atoms with Crippen LogP contribution in [0, 0.1) is 23.7 Å². The summed E-state index contributed by atoms with van der Waals surface area (Å²) in [6.07, 6.45) is 0. The molecule has 0 heterocycles. The molecule has 0 aromatic rings. The molecule has 3 nitrogen and oxygen atoms in total. The second-order valence-electron chi connectivity index (χ2n) is 0. The summed E-state index contributed by atoms with van der Waals surface area (Å²) >= 11 is 0. The van der Waals surface area contributed by atoms with E-state index in [1.165, 1.54) is 0 Å². The molecule has 0 rings (SSSR count). The topological polar surface area (TPSA) is 79.1 Å². The Kier molecular flexibility index (Phi) is 13300. The minimum absolute atomic E-state index is 0. The molecule has 0 unspecified atom stereocenters. The van der Waals surface area contributed by atoms with Gasteiger partial charge in [0.1, 0.15) is 0 Å². The van der Waals surface area contributed by atoms with Crippen LogP contribution in [0.5, 0.6) is 0 Å². The van der Waals surface area contributed by atoms with Gasteiger partial charge in [-0.1, -0.05) is 0 Å². The zero-order chi connectivity index (χ0) is 4.00. The normalized spacial score (nSPS) is 0.667. The van der Waals surface area contributed by atoms with E-state index in [-0.39, 0.29) is 43.2 Å². The fraction of sp³-hybridized carbons (Fsp3) is 0. The largest absolute Gasteiger partial charge is 2.00 e. The van der Waals surface area contributed by atoms with Crippen molar-refractivity contribution in [3.63, 3.8) is 0 Å². The van der Waals surface area contributed by atoms with E-state index >= 15 is 0 Å². The van der Waals surface area contributed by atoms with Crippen LogP contribution in [0.3, 0.4) is 0 Å². The molecular weight excluding hydrogens is 108 g/mol. The predicted molar refractivity (Wildman–Crippen MR) is 19.3 cm³/mol. The van der Waals surface area contributed by atoms with Gasteiger partial charge in [0.05, 0.1) is 0 Å². The van der Waals surface area contributed by atoms with Crippen molar-refractivity contribution in [1.82, 2.24) is 0 Å². The van der Waals surface area contributed by atoms with Crippen molar-refractivity contribution in [3.8, 4) is 0 Å². The van der Waals surface area contributed by atoms with Gasteiger partial charge < -0.3 is 29.1 Å². The molecule has 0 spiro atoms. The average Bonchev–Trinajstić information content (AvgIpc) is 1.50. The van der Waals surface area contributed by atoms with Gasteiger partial charge in [-0.3, -0.25) is 0 Å². The fourth-order valence-corrected chi connectivity index (χ4v) is 0. The molecule has 0 aromatic carbocycles. The summed E-state index contributed by atoms with van der Waals surface area (Å²) in [6.45, 7) is 9.50. The molecule has 0 aliphatic heterocycles. The summed E-state index contributed by atoms with van der Waals surface area (Å²) in [5.74, 6) is 0. The summed E-state index contributed by atoms with van der Waals surface area (Å²) in [5.41, 5.74) is 0. The Morgan fingerprint density at radius 2 is 0.833 bits per heavy atom. The number of hydrogen-bond donors (Lipinski definition) is 0. The Hall–Kier alpha value is 0.200. The Bertz CT molecular complexity index is 27.0. The summed E-state index contributed by atoms with van der Waals surface area (Å²) in [6, 6.07) is 0. The molecule has 0 saturated heterocycles. The van der Waals surface area contributed by atoms with E-state index in [0.29, 0.717) is 0 Å². The monoisotopic (exact) mass is 110 g/mol. The van der Waals surface area contributed by atoms with Gasteiger partial charge in [0.15, 0.2) is 0 Å². The third kappa shape index (κ3) is 1080. The van der Waals surface area contributed by atoms with E-state index in [1.54, 1.807) is 0 Å². The Balaban J connectivity index is -0.00000000500.